The van der Waals surface area contributed by atoms with Gasteiger partial charge < -0.3 is 10.1 Å². The van der Waals surface area contributed by atoms with Crippen LogP contribution in [0.1, 0.15) is 59.7 Å². The van der Waals surface area contributed by atoms with Crippen molar-refractivity contribution in [1.82, 2.24) is 14.8 Å². The summed E-state index contributed by atoms with van der Waals surface area (Å²) in [6.45, 7) is 3.88. The molecule has 0 fully saturated rings. The van der Waals surface area contributed by atoms with Crippen LogP contribution in [0.15, 0.2) is 10.9 Å². The molecular formula is C20H26N4O4S. The minimum atomic E-state index is -0.527. The highest BCUT2D eigenvalue weighted by molar-refractivity contribution is 7.16. The Morgan fingerprint density at radius 2 is 2.03 bits per heavy atom. The van der Waals surface area contributed by atoms with Crippen molar-refractivity contribution in [3.63, 3.8) is 0 Å². The number of ether oxygens (including phenoxy) is 1. The molecule has 9 heteroatoms. The van der Waals surface area contributed by atoms with Crippen molar-refractivity contribution in [2.75, 3.05) is 12.4 Å². The molecule has 1 aliphatic rings. The van der Waals surface area contributed by atoms with Gasteiger partial charge in [-0.15, -0.1) is 11.3 Å². The predicted molar refractivity (Wildman–Crippen MR) is 110 cm³/mol. The molecule has 0 aliphatic heterocycles. The van der Waals surface area contributed by atoms with Gasteiger partial charge in [-0.3, -0.25) is 9.59 Å². The van der Waals surface area contributed by atoms with Crippen LogP contribution in [0.25, 0.3) is 0 Å². The van der Waals surface area contributed by atoms with Gasteiger partial charge in [0.25, 0.3) is 5.56 Å². The number of rotatable bonds is 6. The number of carbonyl (C=O) groups is 2. The Labute approximate surface area is 173 Å². The summed E-state index contributed by atoms with van der Waals surface area (Å²) in [5, 5.41) is 7.41. The maximum absolute atomic E-state index is 12.5. The smallest absolute Gasteiger partial charge is 0.357 e. The molecule has 0 saturated heterocycles. The second kappa shape index (κ2) is 9.30. The number of methoxy groups -OCH3 is 1. The first-order valence-corrected chi connectivity index (χ1v) is 10.7. The van der Waals surface area contributed by atoms with Crippen molar-refractivity contribution < 1.29 is 14.3 Å². The molecule has 1 aliphatic carbocycles. The van der Waals surface area contributed by atoms with Gasteiger partial charge in [0.05, 0.1) is 12.8 Å². The number of aryl methyl sites for hydroxylation is 2. The molecule has 1 amide bonds. The molecule has 156 valence electrons. The SMILES string of the molecule is COC(=O)c1nc(NC(=O)Cn2nc3c(cc2=O)CCCCC3)sc1CC(C)C. The molecule has 0 radical (unpaired) electrons. The molecule has 0 saturated carbocycles. The zero-order chi connectivity index (χ0) is 21.0. The van der Waals surface area contributed by atoms with Gasteiger partial charge in [-0.05, 0) is 43.6 Å². The van der Waals surface area contributed by atoms with Crippen LogP contribution in [0.2, 0.25) is 0 Å². The first-order valence-electron chi connectivity index (χ1n) is 9.85. The van der Waals surface area contributed by atoms with Crippen LogP contribution < -0.4 is 10.9 Å². The molecule has 0 unspecified atom stereocenters. The van der Waals surface area contributed by atoms with E-state index in [0.717, 1.165) is 48.2 Å². The zero-order valence-corrected chi connectivity index (χ0v) is 17.8. The Balaban J connectivity index is 1.76. The Hall–Kier alpha value is -2.55. The number of amides is 1. The van der Waals surface area contributed by atoms with E-state index in [1.54, 1.807) is 6.07 Å². The van der Waals surface area contributed by atoms with E-state index in [2.05, 4.69) is 15.4 Å². The van der Waals surface area contributed by atoms with Crippen molar-refractivity contribution in [1.29, 1.82) is 0 Å². The van der Waals surface area contributed by atoms with Crippen molar-refractivity contribution >= 4 is 28.3 Å². The molecule has 0 spiro atoms. The van der Waals surface area contributed by atoms with Crippen LogP contribution in [-0.2, 0) is 35.3 Å². The van der Waals surface area contributed by atoms with Gasteiger partial charge in [0.1, 0.15) is 6.54 Å². The summed E-state index contributed by atoms with van der Waals surface area (Å²) in [5.74, 6) is -0.611. The summed E-state index contributed by atoms with van der Waals surface area (Å²) in [6, 6.07) is 1.60. The highest BCUT2D eigenvalue weighted by Gasteiger charge is 2.21. The molecule has 8 nitrogen and oxygen atoms in total. The number of aromatic nitrogens is 3. The Bertz CT molecular complexity index is 964. The highest BCUT2D eigenvalue weighted by atomic mass is 32.1. The molecule has 2 heterocycles. The average Bonchev–Trinajstić information content (AvgIpc) is 2.90. The molecule has 0 bridgehead atoms. The Morgan fingerprint density at radius 3 is 2.76 bits per heavy atom. The summed E-state index contributed by atoms with van der Waals surface area (Å²) >= 11 is 1.25. The predicted octanol–water partition coefficient (Wildman–Crippen LogP) is 2.59. The third-order valence-corrected chi connectivity index (χ3v) is 5.73. The van der Waals surface area contributed by atoms with E-state index < -0.39 is 11.9 Å². The Kier molecular flexibility index (Phi) is 6.79. The van der Waals surface area contributed by atoms with Crippen LogP contribution in [0, 0.1) is 5.92 Å². The number of anilines is 1. The van der Waals surface area contributed by atoms with Crippen LogP contribution in [0.5, 0.6) is 0 Å². The molecule has 0 atom stereocenters. The molecule has 2 aromatic heterocycles. The number of hydrogen-bond acceptors (Lipinski definition) is 7. The number of hydrogen-bond donors (Lipinski definition) is 1. The lowest BCUT2D eigenvalue weighted by atomic mass is 10.1. The van der Waals surface area contributed by atoms with Crippen molar-refractivity contribution in [3.05, 3.63) is 38.2 Å². The van der Waals surface area contributed by atoms with E-state index in [9.17, 15) is 14.4 Å². The quantitative estimate of drug-likeness (QED) is 0.571. The summed E-state index contributed by atoms with van der Waals surface area (Å²) < 4.78 is 5.99. The fraction of sp³-hybridized carbons (Fsp3) is 0.550. The Morgan fingerprint density at radius 1 is 1.28 bits per heavy atom. The maximum Gasteiger partial charge on any atom is 0.357 e. The summed E-state index contributed by atoms with van der Waals surface area (Å²) in [6.07, 6.45) is 5.56. The van der Waals surface area contributed by atoms with Gasteiger partial charge in [-0.2, -0.15) is 5.10 Å². The third kappa shape index (κ3) is 5.29. The van der Waals surface area contributed by atoms with Crippen LogP contribution in [0.4, 0.5) is 5.13 Å². The molecule has 3 rings (SSSR count). The van der Waals surface area contributed by atoms with Gasteiger partial charge in [0, 0.05) is 10.9 Å². The molecular weight excluding hydrogens is 392 g/mol. The maximum atomic E-state index is 12.5. The number of nitrogens with zero attached hydrogens (tertiary/aromatic N) is 3. The normalized spacial score (nSPS) is 13.7. The summed E-state index contributed by atoms with van der Waals surface area (Å²) in [5.41, 5.74) is 1.83. The molecule has 1 N–H and O–H groups in total. The van der Waals surface area contributed by atoms with E-state index in [1.165, 1.54) is 23.1 Å². The fourth-order valence-corrected chi connectivity index (χ4v) is 4.53. The minimum absolute atomic E-state index is 0.196. The third-order valence-electron chi connectivity index (χ3n) is 4.73. The van der Waals surface area contributed by atoms with E-state index in [1.807, 2.05) is 13.8 Å². The van der Waals surface area contributed by atoms with Crippen LogP contribution in [0.3, 0.4) is 0 Å². The largest absolute Gasteiger partial charge is 0.464 e. The van der Waals surface area contributed by atoms with Gasteiger partial charge >= 0.3 is 5.97 Å². The lowest BCUT2D eigenvalue weighted by Gasteiger charge is -2.09. The summed E-state index contributed by atoms with van der Waals surface area (Å²) in [4.78, 5) is 41.8. The average molecular weight is 419 g/mol. The van der Waals surface area contributed by atoms with Crippen LogP contribution in [-0.4, -0.2) is 33.8 Å². The number of fused-ring (bicyclic) bond motifs is 1. The highest BCUT2D eigenvalue weighted by Crippen LogP contribution is 2.26. The number of esters is 1. The van der Waals surface area contributed by atoms with Crippen molar-refractivity contribution in [3.8, 4) is 0 Å². The lowest BCUT2D eigenvalue weighted by Crippen LogP contribution is -2.30. The standard InChI is InChI=1S/C20H26N4O4S/c1-12(2)9-15-18(19(27)28-3)22-20(29-15)21-16(25)11-24-17(26)10-13-7-5-4-6-8-14(13)23-24/h10,12H,4-9,11H2,1-3H3,(H,21,22,25). The second-order valence-corrected chi connectivity index (χ2v) is 8.68. The van der Waals surface area contributed by atoms with E-state index >= 15 is 0 Å². The topological polar surface area (TPSA) is 103 Å². The first kappa shape index (κ1) is 21.2. The van der Waals surface area contributed by atoms with E-state index in [-0.39, 0.29) is 17.8 Å². The minimum Gasteiger partial charge on any atom is -0.464 e. The van der Waals surface area contributed by atoms with E-state index in [4.69, 9.17) is 4.74 Å². The van der Waals surface area contributed by atoms with Gasteiger partial charge in [-0.25, -0.2) is 14.5 Å². The van der Waals surface area contributed by atoms with E-state index in [0.29, 0.717) is 17.5 Å². The first-order chi connectivity index (χ1) is 13.9. The second-order valence-electron chi connectivity index (χ2n) is 7.60. The van der Waals surface area contributed by atoms with Gasteiger partial charge in [-0.1, -0.05) is 20.3 Å². The van der Waals surface area contributed by atoms with Gasteiger partial charge in [0.15, 0.2) is 10.8 Å². The number of carbonyl (C=O) groups excluding carboxylic acids is 2. The number of thiazole rings is 1. The van der Waals surface area contributed by atoms with Crippen molar-refractivity contribution in [2.45, 2.75) is 58.9 Å². The summed E-state index contributed by atoms with van der Waals surface area (Å²) in [7, 11) is 1.30. The van der Waals surface area contributed by atoms with Crippen molar-refractivity contribution in [2.24, 2.45) is 5.92 Å². The fourth-order valence-electron chi connectivity index (χ4n) is 3.36. The number of nitrogens with one attached hydrogen (secondary N) is 1. The molecule has 2 aromatic rings. The molecule has 29 heavy (non-hydrogen) atoms. The van der Waals surface area contributed by atoms with Crippen LogP contribution >= 0.6 is 11.3 Å². The van der Waals surface area contributed by atoms with Gasteiger partial charge in [0.2, 0.25) is 5.91 Å². The molecule has 0 aromatic carbocycles. The monoisotopic (exact) mass is 418 g/mol. The zero-order valence-electron chi connectivity index (χ0n) is 17.0. The lowest BCUT2D eigenvalue weighted by molar-refractivity contribution is -0.117.